The number of hydrogen-bond acceptors (Lipinski definition) is 2. The molecule has 0 aromatic carbocycles. The second kappa shape index (κ2) is 10.5. The van der Waals surface area contributed by atoms with Crippen molar-refractivity contribution >= 4 is 5.91 Å². The summed E-state index contributed by atoms with van der Waals surface area (Å²) in [6, 6.07) is 0. The van der Waals surface area contributed by atoms with Gasteiger partial charge in [-0.25, -0.2) is 4.39 Å². The summed E-state index contributed by atoms with van der Waals surface area (Å²) < 4.78 is 18.3. The molecule has 1 atom stereocenters. The third-order valence-electron chi connectivity index (χ3n) is 3.92. The first-order valence-corrected chi connectivity index (χ1v) is 8.38. The van der Waals surface area contributed by atoms with Crippen molar-refractivity contribution < 1.29 is 13.9 Å². The van der Waals surface area contributed by atoms with E-state index in [0.29, 0.717) is 30.4 Å². The molecule has 25 heavy (non-hydrogen) atoms. The lowest BCUT2D eigenvalue weighted by Crippen LogP contribution is -2.29. The highest BCUT2D eigenvalue weighted by molar-refractivity contribution is 5.93. The normalized spacial score (nSPS) is 18.3. The Labute approximate surface area is 150 Å². The van der Waals surface area contributed by atoms with Gasteiger partial charge in [-0.05, 0) is 33.3 Å². The summed E-state index contributed by atoms with van der Waals surface area (Å²) in [5.41, 5.74) is 1.54. The van der Waals surface area contributed by atoms with E-state index in [-0.39, 0.29) is 5.91 Å². The second-order valence-electron chi connectivity index (χ2n) is 6.28. The molecule has 1 aliphatic rings. The quantitative estimate of drug-likeness (QED) is 0.357. The number of carbonyl (C=O) groups excluding carboxylic acids is 1. The van der Waals surface area contributed by atoms with Gasteiger partial charge in [-0.1, -0.05) is 48.6 Å². The number of carbonyl (C=O) groups is 1. The van der Waals surface area contributed by atoms with Crippen LogP contribution in [-0.4, -0.2) is 31.0 Å². The van der Waals surface area contributed by atoms with Crippen LogP contribution in [-0.2, 0) is 9.53 Å². The van der Waals surface area contributed by atoms with Crippen molar-refractivity contribution in [1.29, 1.82) is 0 Å². The van der Waals surface area contributed by atoms with Crippen LogP contribution in [0.4, 0.5) is 4.39 Å². The van der Waals surface area contributed by atoms with Crippen LogP contribution < -0.4 is 0 Å². The third-order valence-corrected chi connectivity index (χ3v) is 3.92. The van der Waals surface area contributed by atoms with E-state index in [0.717, 1.165) is 12.0 Å². The van der Waals surface area contributed by atoms with E-state index in [1.54, 1.807) is 31.0 Å². The molecule has 4 heteroatoms. The Kier molecular flexibility index (Phi) is 8.68. The predicted octanol–water partition coefficient (Wildman–Crippen LogP) is 4.87. The molecule has 1 amide bonds. The van der Waals surface area contributed by atoms with E-state index >= 15 is 0 Å². The molecule has 0 aliphatic heterocycles. The fourth-order valence-corrected chi connectivity index (χ4v) is 2.35. The SMILES string of the molecule is C=C(F)/C=C\C=C(/C)CN(C)C(=O)/C(C)=C(\C)OCC1C=CC=CC1. The standard InChI is InChI=1S/C21H28FNO2/c1-16(10-9-11-17(2)22)14-23(5)21(24)18(3)19(4)25-15-20-12-7-6-8-13-20/h6-12,20H,2,13-15H2,1,3-5H3/b11-9-,16-10+,19-18+. The van der Waals surface area contributed by atoms with Crippen LogP contribution in [0.3, 0.4) is 0 Å². The molecule has 0 spiro atoms. The van der Waals surface area contributed by atoms with Crippen molar-refractivity contribution in [1.82, 2.24) is 4.90 Å². The molecule has 0 fully saturated rings. The molecule has 0 N–H and O–H groups in total. The van der Waals surface area contributed by atoms with Crippen molar-refractivity contribution in [2.24, 2.45) is 5.92 Å². The molecule has 0 radical (unpaired) electrons. The van der Waals surface area contributed by atoms with Crippen molar-refractivity contribution in [3.05, 3.63) is 71.8 Å². The number of likely N-dealkylation sites (N-methyl/N-ethyl adjacent to an activating group) is 1. The molecule has 0 bridgehead atoms. The zero-order valence-corrected chi connectivity index (χ0v) is 15.6. The summed E-state index contributed by atoms with van der Waals surface area (Å²) in [7, 11) is 1.74. The van der Waals surface area contributed by atoms with Gasteiger partial charge in [0, 0.05) is 19.5 Å². The van der Waals surface area contributed by atoms with Crippen molar-refractivity contribution in [3.63, 3.8) is 0 Å². The molecule has 0 aromatic rings. The summed E-state index contributed by atoms with van der Waals surface area (Å²) >= 11 is 0. The predicted molar refractivity (Wildman–Crippen MR) is 101 cm³/mol. The number of halogens is 1. The average Bonchev–Trinajstić information content (AvgIpc) is 2.58. The minimum Gasteiger partial charge on any atom is -0.497 e. The fraction of sp³-hybridized carbons (Fsp3) is 0.381. The largest absolute Gasteiger partial charge is 0.497 e. The molecule has 3 nitrogen and oxygen atoms in total. The minimum absolute atomic E-state index is 0.0804. The van der Waals surface area contributed by atoms with Gasteiger partial charge < -0.3 is 9.64 Å². The number of rotatable bonds is 8. The van der Waals surface area contributed by atoms with Gasteiger partial charge in [-0.15, -0.1) is 0 Å². The van der Waals surface area contributed by atoms with Gasteiger partial charge in [0.05, 0.1) is 12.2 Å². The van der Waals surface area contributed by atoms with Crippen LogP contribution >= 0.6 is 0 Å². The third kappa shape index (κ3) is 7.84. The minimum atomic E-state index is -0.497. The van der Waals surface area contributed by atoms with E-state index in [4.69, 9.17) is 4.74 Å². The maximum absolute atomic E-state index is 12.5. The van der Waals surface area contributed by atoms with Gasteiger partial charge in [0.2, 0.25) is 0 Å². The highest BCUT2D eigenvalue weighted by Crippen LogP contribution is 2.16. The number of allylic oxidation sites excluding steroid dienone is 8. The molecule has 0 aromatic heterocycles. The second-order valence-corrected chi connectivity index (χ2v) is 6.28. The Morgan fingerprint density at radius 2 is 2.08 bits per heavy atom. The van der Waals surface area contributed by atoms with Gasteiger partial charge in [0.25, 0.3) is 5.91 Å². The lowest BCUT2D eigenvalue weighted by atomic mass is 10.0. The van der Waals surface area contributed by atoms with Gasteiger partial charge in [0.15, 0.2) is 0 Å². The monoisotopic (exact) mass is 345 g/mol. The van der Waals surface area contributed by atoms with Crippen LogP contribution in [0.1, 0.15) is 27.2 Å². The summed E-state index contributed by atoms with van der Waals surface area (Å²) in [6.45, 7) is 9.67. The first-order chi connectivity index (χ1) is 11.8. The molecule has 136 valence electrons. The van der Waals surface area contributed by atoms with Gasteiger partial charge in [-0.3, -0.25) is 4.79 Å². The zero-order chi connectivity index (χ0) is 18.8. The van der Waals surface area contributed by atoms with E-state index in [1.807, 2.05) is 26.0 Å². The smallest absolute Gasteiger partial charge is 0.252 e. The Morgan fingerprint density at radius 3 is 2.68 bits per heavy atom. The molecule has 0 saturated carbocycles. The van der Waals surface area contributed by atoms with Crippen molar-refractivity contribution in [3.8, 4) is 0 Å². The van der Waals surface area contributed by atoms with E-state index in [2.05, 4.69) is 18.7 Å². The van der Waals surface area contributed by atoms with Crippen molar-refractivity contribution in [2.75, 3.05) is 20.2 Å². The van der Waals surface area contributed by atoms with Crippen LogP contribution in [0.15, 0.2) is 71.8 Å². The van der Waals surface area contributed by atoms with E-state index < -0.39 is 5.83 Å². The number of nitrogens with zero attached hydrogens (tertiary/aromatic N) is 1. The Balaban J connectivity index is 2.58. The maximum Gasteiger partial charge on any atom is 0.252 e. The summed E-state index contributed by atoms with van der Waals surface area (Å²) in [5, 5.41) is 0. The number of amides is 1. The van der Waals surface area contributed by atoms with E-state index in [1.165, 1.54) is 6.08 Å². The van der Waals surface area contributed by atoms with Gasteiger partial charge >= 0.3 is 0 Å². The Bertz CT molecular complexity index is 638. The first-order valence-electron chi connectivity index (χ1n) is 8.38. The zero-order valence-electron chi connectivity index (χ0n) is 15.6. The lowest BCUT2D eigenvalue weighted by molar-refractivity contribution is -0.125. The maximum atomic E-state index is 12.5. The molecule has 1 rings (SSSR count). The molecule has 0 heterocycles. The molecule has 1 aliphatic carbocycles. The van der Waals surface area contributed by atoms with E-state index in [9.17, 15) is 9.18 Å². The Hall–Kier alpha value is -2.36. The molecular weight excluding hydrogens is 317 g/mol. The lowest BCUT2D eigenvalue weighted by Gasteiger charge is -2.20. The fourth-order valence-electron chi connectivity index (χ4n) is 2.35. The highest BCUT2D eigenvalue weighted by Gasteiger charge is 2.15. The number of hydrogen-bond donors (Lipinski definition) is 0. The number of ether oxygens (including phenoxy) is 1. The van der Waals surface area contributed by atoms with Crippen LogP contribution in [0, 0.1) is 5.92 Å². The van der Waals surface area contributed by atoms with Crippen LogP contribution in [0.5, 0.6) is 0 Å². The first kappa shape index (κ1) is 20.7. The topological polar surface area (TPSA) is 29.5 Å². The molecular formula is C21H28FNO2. The van der Waals surface area contributed by atoms with Crippen molar-refractivity contribution in [2.45, 2.75) is 27.2 Å². The molecule has 1 unspecified atom stereocenters. The summed E-state index contributed by atoms with van der Waals surface area (Å²) in [5.74, 6) is 0.421. The van der Waals surface area contributed by atoms with Crippen LogP contribution in [0.25, 0.3) is 0 Å². The molecule has 0 saturated heterocycles. The van der Waals surface area contributed by atoms with Gasteiger partial charge in [0.1, 0.15) is 11.6 Å². The summed E-state index contributed by atoms with van der Waals surface area (Å²) in [4.78, 5) is 14.1. The van der Waals surface area contributed by atoms with Crippen LogP contribution in [0.2, 0.25) is 0 Å². The highest BCUT2D eigenvalue weighted by atomic mass is 19.1. The Morgan fingerprint density at radius 1 is 1.36 bits per heavy atom. The summed E-state index contributed by atoms with van der Waals surface area (Å²) in [6.07, 6.45) is 13.9. The average molecular weight is 345 g/mol. The van der Waals surface area contributed by atoms with Gasteiger partial charge in [-0.2, -0.15) is 0 Å².